The van der Waals surface area contributed by atoms with Crippen molar-refractivity contribution in [3.05, 3.63) is 12.4 Å². The largest absolute Gasteiger partial charge is 0.381 e. The highest BCUT2D eigenvalue weighted by atomic mass is 16.5. The predicted molar refractivity (Wildman–Crippen MR) is 50.7 cm³/mol. The molecule has 1 aromatic heterocycles. The third-order valence-corrected chi connectivity index (χ3v) is 2.30. The fourth-order valence-electron chi connectivity index (χ4n) is 1.57. The molecule has 1 aliphatic heterocycles. The van der Waals surface area contributed by atoms with E-state index in [2.05, 4.69) is 10.4 Å². The molecule has 1 N–H and O–H groups in total. The van der Waals surface area contributed by atoms with Crippen LogP contribution in [-0.4, -0.2) is 29.0 Å². The van der Waals surface area contributed by atoms with E-state index in [4.69, 9.17) is 4.74 Å². The first-order chi connectivity index (χ1) is 6.34. The Morgan fingerprint density at radius 1 is 1.54 bits per heavy atom. The molecule has 1 aromatic rings. The number of hydrogen-bond acceptors (Lipinski definition) is 3. The highest BCUT2D eigenvalue weighted by Crippen LogP contribution is 2.13. The smallest absolute Gasteiger partial charge is 0.0728 e. The molecule has 4 heteroatoms. The summed E-state index contributed by atoms with van der Waals surface area (Å²) in [6, 6.07) is 0.554. The fourth-order valence-corrected chi connectivity index (χ4v) is 1.57. The van der Waals surface area contributed by atoms with Gasteiger partial charge in [-0.25, -0.2) is 0 Å². The Labute approximate surface area is 77.9 Å². The molecule has 1 fully saturated rings. The molecule has 0 aliphatic carbocycles. The summed E-state index contributed by atoms with van der Waals surface area (Å²) in [4.78, 5) is 0. The summed E-state index contributed by atoms with van der Waals surface area (Å²) in [5.74, 6) is 0. The van der Waals surface area contributed by atoms with E-state index in [1.165, 1.54) is 0 Å². The van der Waals surface area contributed by atoms with E-state index in [0.717, 1.165) is 31.7 Å². The van der Waals surface area contributed by atoms with Gasteiger partial charge in [-0.1, -0.05) is 0 Å². The molecular weight excluding hydrogens is 166 g/mol. The Kier molecular flexibility index (Phi) is 2.49. The Balaban J connectivity index is 1.89. The van der Waals surface area contributed by atoms with E-state index in [0.29, 0.717) is 6.04 Å². The molecule has 13 heavy (non-hydrogen) atoms. The Morgan fingerprint density at radius 2 is 2.31 bits per heavy atom. The maximum Gasteiger partial charge on any atom is 0.0728 e. The van der Waals surface area contributed by atoms with Crippen molar-refractivity contribution in [3.63, 3.8) is 0 Å². The van der Waals surface area contributed by atoms with Crippen LogP contribution in [0.15, 0.2) is 12.4 Å². The predicted octanol–water partition coefficient (Wildman–Crippen LogP) is 1.01. The van der Waals surface area contributed by atoms with E-state index in [1.807, 2.05) is 24.1 Å². The van der Waals surface area contributed by atoms with Crippen molar-refractivity contribution in [1.82, 2.24) is 9.78 Å². The van der Waals surface area contributed by atoms with Crippen molar-refractivity contribution >= 4 is 5.69 Å². The second-order valence-corrected chi connectivity index (χ2v) is 3.43. The van der Waals surface area contributed by atoms with Crippen LogP contribution in [0.2, 0.25) is 0 Å². The van der Waals surface area contributed by atoms with Crippen LogP contribution < -0.4 is 5.32 Å². The van der Waals surface area contributed by atoms with Crippen molar-refractivity contribution in [2.24, 2.45) is 7.05 Å². The maximum atomic E-state index is 5.28. The van der Waals surface area contributed by atoms with Crippen molar-refractivity contribution in [2.45, 2.75) is 18.9 Å². The van der Waals surface area contributed by atoms with Crippen molar-refractivity contribution in [2.75, 3.05) is 18.5 Å². The highest BCUT2D eigenvalue weighted by Gasteiger charge is 2.13. The summed E-state index contributed by atoms with van der Waals surface area (Å²) >= 11 is 0. The van der Waals surface area contributed by atoms with Gasteiger partial charge < -0.3 is 10.1 Å². The lowest BCUT2D eigenvalue weighted by Gasteiger charge is -2.23. The normalized spacial score (nSPS) is 18.8. The van der Waals surface area contributed by atoms with E-state index >= 15 is 0 Å². The minimum atomic E-state index is 0.554. The monoisotopic (exact) mass is 181 g/mol. The van der Waals surface area contributed by atoms with Gasteiger partial charge in [0.25, 0.3) is 0 Å². The number of nitrogens with one attached hydrogen (secondary N) is 1. The van der Waals surface area contributed by atoms with Gasteiger partial charge in [0.15, 0.2) is 0 Å². The van der Waals surface area contributed by atoms with Crippen molar-refractivity contribution in [1.29, 1.82) is 0 Å². The number of ether oxygens (including phenoxy) is 1. The first-order valence-electron chi connectivity index (χ1n) is 4.67. The molecule has 72 valence electrons. The van der Waals surface area contributed by atoms with Crippen LogP contribution in [0, 0.1) is 0 Å². The Morgan fingerprint density at radius 3 is 2.92 bits per heavy atom. The van der Waals surface area contributed by atoms with Gasteiger partial charge in [-0.2, -0.15) is 5.10 Å². The summed E-state index contributed by atoms with van der Waals surface area (Å²) < 4.78 is 7.09. The number of anilines is 1. The van der Waals surface area contributed by atoms with E-state index in [9.17, 15) is 0 Å². The fraction of sp³-hybridized carbons (Fsp3) is 0.667. The number of nitrogens with zero attached hydrogens (tertiary/aromatic N) is 2. The number of hydrogen-bond donors (Lipinski definition) is 1. The number of rotatable bonds is 2. The molecule has 0 atom stereocenters. The van der Waals surface area contributed by atoms with Gasteiger partial charge in [0.2, 0.25) is 0 Å². The first-order valence-corrected chi connectivity index (χ1v) is 4.67. The van der Waals surface area contributed by atoms with Crippen LogP contribution >= 0.6 is 0 Å². The molecular formula is C9H15N3O. The molecule has 2 rings (SSSR count). The highest BCUT2D eigenvalue weighted by molar-refractivity contribution is 5.39. The lowest BCUT2D eigenvalue weighted by molar-refractivity contribution is 0.0904. The van der Waals surface area contributed by atoms with Gasteiger partial charge in [0.1, 0.15) is 0 Å². The van der Waals surface area contributed by atoms with Gasteiger partial charge in [0.05, 0.1) is 11.9 Å². The van der Waals surface area contributed by atoms with Crippen LogP contribution in [-0.2, 0) is 11.8 Å². The van der Waals surface area contributed by atoms with Crippen LogP contribution in [0.5, 0.6) is 0 Å². The molecule has 0 bridgehead atoms. The van der Waals surface area contributed by atoms with Crippen LogP contribution in [0.3, 0.4) is 0 Å². The quantitative estimate of drug-likeness (QED) is 0.740. The summed E-state index contributed by atoms with van der Waals surface area (Å²) in [5.41, 5.74) is 1.11. The number of aromatic nitrogens is 2. The third-order valence-electron chi connectivity index (χ3n) is 2.30. The van der Waals surface area contributed by atoms with Crippen LogP contribution in [0.25, 0.3) is 0 Å². The topological polar surface area (TPSA) is 39.1 Å². The van der Waals surface area contributed by atoms with E-state index in [1.54, 1.807) is 0 Å². The second kappa shape index (κ2) is 3.79. The standard InChI is InChI=1S/C9H15N3O/c1-12-7-9(6-10-12)11-8-2-4-13-5-3-8/h6-8,11H,2-5H2,1H3. The van der Waals surface area contributed by atoms with E-state index < -0.39 is 0 Å². The lowest BCUT2D eigenvalue weighted by Crippen LogP contribution is -2.27. The average Bonchev–Trinajstić information content (AvgIpc) is 2.53. The molecule has 0 spiro atoms. The molecule has 0 radical (unpaired) electrons. The summed E-state index contributed by atoms with van der Waals surface area (Å²) in [6.45, 7) is 1.75. The van der Waals surface area contributed by atoms with Crippen LogP contribution in [0.1, 0.15) is 12.8 Å². The molecule has 1 saturated heterocycles. The first kappa shape index (κ1) is 8.56. The molecule has 4 nitrogen and oxygen atoms in total. The minimum absolute atomic E-state index is 0.554. The number of aryl methyl sites for hydroxylation is 1. The average molecular weight is 181 g/mol. The van der Waals surface area contributed by atoms with Gasteiger partial charge in [0, 0.05) is 32.5 Å². The van der Waals surface area contributed by atoms with Crippen LogP contribution in [0.4, 0.5) is 5.69 Å². The lowest BCUT2D eigenvalue weighted by atomic mass is 10.1. The summed E-state index contributed by atoms with van der Waals surface area (Å²) in [5, 5.41) is 7.54. The SMILES string of the molecule is Cn1cc(NC2CCOCC2)cn1. The molecule has 0 amide bonds. The Bertz CT molecular complexity index is 266. The van der Waals surface area contributed by atoms with E-state index in [-0.39, 0.29) is 0 Å². The zero-order valence-electron chi connectivity index (χ0n) is 7.86. The van der Waals surface area contributed by atoms with Gasteiger partial charge >= 0.3 is 0 Å². The molecule has 2 heterocycles. The van der Waals surface area contributed by atoms with Gasteiger partial charge in [-0.3, -0.25) is 4.68 Å². The second-order valence-electron chi connectivity index (χ2n) is 3.43. The Hall–Kier alpha value is -1.03. The van der Waals surface area contributed by atoms with Gasteiger partial charge in [-0.15, -0.1) is 0 Å². The zero-order valence-corrected chi connectivity index (χ0v) is 7.86. The van der Waals surface area contributed by atoms with Crippen molar-refractivity contribution in [3.8, 4) is 0 Å². The molecule has 0 aromatic carbocycles. The summed E-state index contributed by atoms with van der Waals surface area (Å²) in [6.07, 6.45) is 6.04. The molecule has 0 saturated carbocycles. The maximum absolute atomic E-state index is 5.28. The van der Waals surface area contributed by atoms with Crippen molar-refractivity contribution < 1.29 is 4.74 Å². The van der Waals surface area contributed by atoms with Gasteiger partial charge in [-0.05, 0) is 12.8 Å². The summed E-state index contributed by atoms with van der Waals surface area (Å²) in [7, 11) is 1.93. The molecule has 1 aliphatic rings. The third kappa shape index (κ3) is 2.21. The zero-order chi connectivity index (χ0) is 9.10. The minimum Gasteiger partial charge on any atom is -0.381 e. The molecule has 0 unspecified atom stereocenters.